The van der Waals surface area contributed by atoms with Crippen molar-refractivity contribution in [2.45, 2.75) is 19.3 Å². The molecule has 1 fully saturated rings. The highest BCUT2D eigenvalue weighted by Crippen LogP contribution is 2.30. The summed E-state index contributed by atoms with van der Waals surface area (Å²) in [5.74, 6) is 0.289. The first-order chi connectivity index (χ1) is 9.74. The number of rotatable bonds is 5. The van der Waals surface area contributed by atoms with Gasteiger partial charge in [-0.05, 0) is 25.0 Å². The number of benzene rings is 1. The van der Waals surface area contributed by atoms with Crippen molar-refractivity contribution in [2.75, 3.05) is 25.0 Å². The lowest BCUT2D eigenvalue weighted by Crippen LogP contribution is -2.26. The molecule has 0 atom stereocenters. The van der Waals surface area contributed by atoms with E-state index >= 15 is 0 Å². The fraction of sp³-hybridized carbons (Fsp3) is 0.429. The number of thiazole rings is 1. The molecule has 1 N–H and O–H groups in total. The summed E-state index contributed by atoms with van der Waals surface area (Å²) in [6, 6.07) is 5.81. The van der Waals surface area contributed by atoms with Crippen molar-refractivity contribution in [3.63, 3.8) is 0 Å². The molecular weight excluding hydrogens is 294 g/mol. The van der Waals surface area contributed by atoms with Crippen LogP contribution in [0.1, 0.15) is 19.3 Å². The van der Waals surface area contributed by atoms with Gasteiger partial charge >= 0.3 is 0 Å². The largest absolute Gasteiger partial charge is 0.361 e. The van der Waals surface area contributed by atoms with Gasteiger partial charge in [0.2, 0.25) is 5.91 Å². The second kappa shape index (κ2) is 5.97. The van der Waals surface area contributed by atoms with Crippen LogP contribution in [0.15, 0.2) is 18.2 Å². The van der Waals surface area contributed by atoms with Gasteiger partial charge in [-0.1, -0.05) is 29.0 Å². The number of likely N-dealkylation sites (tertiary alicyclic amines) is 1. The van der Waals surface area contributed by atoms with Gasteiger partial charge in [0.15, 0.2) is 5.13 Å². The molecule has 106 valence electrons. The first kappa shape index (κ1) is 13.6. The maximum absolute atomic E-state index is 11.5. The van der Waals surface area contributed by atoms with E-state index in [4.69, 9.17) is 11.6 Å². The highest BCUT2D eigenvalue weighted by Gasteiger charge is 2.18. The van der Waals surface area contributed by atoms with E-state index in [-0.39, 0.29) is 5.91 Å². The zero-order valence-electron chi connectivity index (χ0n) is 11.1. The third kappa shape index (κ3) is 2.88. The summed E-state index contributed by atoms with van der Waals surface area (Å²) >= 11 is 7.71. The monoisotopic (exact) mass is 309 g/mol. The Kier molecular flexibility index (Phi) is 4.08. The zero-order chi connectivity index (χ0) is 13.9. The van der Waals surface area contributed by atoms with E-state index in [1.54, 1.807) is 11.3 Å². The van der Waals surface area contributed by atoms with Gasteiger partial charge in [-0.15, -0.1) is 0 Å². The Morgan fingerprint density at radius 3 is 3.10 bits per heavy atom. The van der Waals surface area contributed by atoms with Crippen LogP contribution in [0.5, 0.6) is 0 Å². The predicted molar refractivity (Wildman–Crippen MR) is 83.6 cm³/mol. The number of para-hydroxylation sites is 1. The van der Waals surface area contributed by atoms with Gasteiger partial charge in [0, 0.05) is 26.1 Å². The number of nitrogens with one attached hydrogen (secondary N) is 1. The molecule has 0 spiro atoms. The second-order valence-electron chi connectivity index (χ2n) is 4.87. The van der Waals surface area contributed by atoms with Crippen molar-refractivity contribution in [1.82, 2.24) is 9.88 Å². The van der Waals surface area contributed by atoms with Crippen LogP contribution >= 0.6 is 22.9 Å². The van der Waals surface area contributed by atoms with Crippen LogP contribution in [0, 0.1) is 0 Å². The number of halogens is 1. The number of anilines is 1. The van der Waals surface area contributed by atoms with Gasteiger partial charge in [-0.25, -0.2) is 4.98 Å². The number of hydrogen-bond acceptors (Lipinski definition) is 4. The molecule has 4 nitrogen and oxygen atoms in total. The molecule has 1 amide bonds. The molecule has 0 aliphatic carbocycles. The van der Waals surface area contributed by atoms with Crippen molar-refractivity contribution in [3.8, 4) is 0 Å². The molecule has 0 saturated carbocycles. The average molecular weight is 310 g/mol. The molecule has 0 bridgehead atoms. The topological polar surface area (TPSA) is 45.2 Å². The summed E-state index contributed by atoms with van der Waals surface area (Å²) < 4.78 is 1.09. The molecule has 1 saturated heterocycles. The number of amides is 1. The second-order valence-corrected chi connectivity index (χ2v) is 6.31. The van der Waals surface area contributed by atoms with E-state index in [0.29, 0.717) is 11.4 Å². The Labute approximate surface area is 126 Å². The number of nitrogens with zero attached hydrogens (tertiary/aromatic N) is 2. The Morgan fingerprint density at radius 1 is 1.45 bits per heavy atom. The van der Waals surface area contributed by atoms with Crippen LogP contribution in [0.3, 0.4) is 0 Å². The molecule has 2 aromatic rings. The Hall–Kier alpha value is -1.33. The number of carbonyl (C=O) groups is 1. The molecule has 0 radical (unpaired) electrons. The lowest BCUT2D eigenvalue weighted by molar-refractivity contribution is -0.127. The Bertz CT molecular complexity index is 628. The Morgan fingerprint density at radius 2 is 2.35 bits per heavy atom. The van der Waals surface area contributed by atoms with Gasteiger partial charge in [-0.2, -0.15) is 0 Å². The number of hydrogen-bond donors (Lipinski definition) is 1. The van der Waals surface area contributed by atoms with Crippen molar-refractivity contribution in [1.29, 1.82) is 0 Å². The van der Waals surface area contributed by atoms with Gasteiger partial charge in [0.25, 0.3) is 0 Å². The van der Waals surface area contributed by atoms with Gasteiger partial charge in [0.05, 0.1) is 9.72 Å². The molecule has 20 heavy (non-hydrogen) atoms. The number of aromatic nitrogens is 1. The van der Waals surface area contributed by atoms with Gasteiger partial charge < -0.3 is 10.2 Å². The average Bonchev–Trinajstić information content (AvgIpc) is 3.02. The molecule has 3 rings (SSSR count). The van der Waals surface area contributed by atoms with E-state index in [9.17, 15) is 4.79 Å². The SMILES string of the molecule is O=C1CCCN1CCCNc1nc2c(Cl)cccc2s1. The van der Waals surface area contributed by atoms with Crippen LogP contribution < -0.4 is 5.32 Å². The summed E-state index contributed by atoms with van der Waals surface area (Å²) in [5, 5.41) is 4.89. The van der Waals surface area contributed by atoms with Crippen LogP contribution in [0.25, 0.3) is 10.2 Å². The van der Waals surface area contributed by atoms with E-state index in [2.05, 4.69) is 10.3 Å². The third-order valence-corrected chi connectivity index (χ3v) is 4.71. The Balaban J connectivity index is 1.52. The molecule has 0 unspecified atom stereocenters. The van der Waals surface area contributed by atoms with Crippen molar-refractivity contribution < 1.29 is 4.79 Å². The minimum Gasteiger partial charge on any atom is -0.361 e. The zero-order valence-corrected chi connectivity index (χ0v) is 12.6. The fourth-order valence-corrected chi connectivity index (χ4v) is 3.59. The number of carbonyl (C=O) groups excluding carboxylic acids is 1. The van der Waals surface area contributed by atoms with Gasteiger partial charge in [-0.3, -0.25) is 4.79 Å². The van der Waals surface area contributed by atoms with E-state index in [1.165, 1.54) is 0 Å². The standard InChI is InChI=1S/C14H16ClN3OS/c15-10-4-1-5-11-13(10)17-14(20-11)16-7-3-9-18-8-2-6-12(18)19/h1,4-5H,2-3,6-9H2,(H,16,17). The van der Waals surface area contributed by atoms with Crippen LogP contribution in [-0.2, 0) is 4.79 Å². The summed E-state index contributed by atoms with van der Waals surface area (Å²) in [6.07, 6.45) is 2.65. The first-order valence-corrected chi connectivity index (χ1v) is 8.00. The number of fused-ring (bicyclic) bond motifs is 1. The lowest BCUT2D eigenvalue weighted by atomic mass is 10.3. The van der Waals surface area contributed by atoms with E-state index in [0.717, 1.165) is 47.8 Å². The summed E-state index contributed by atoms with van der Waals surface area (Å²) in [4.78, 5) is 17.9. The molecule has 1 aliphatic heterocycles. The molecule has 6 heteroatoms. The highest BCUT2D eigenvalue weighted by atomic mass is 35.5. The minimum atomic E-state index is 0.289. The molecular formula is C14H16ClN3OS. The third-order valence-electron chi connectivity index (χ3n) is 3.42. The van der Waals surface area contributed by atoms with E-state index in [1.807, 2.05) is 23.1 Å². The van der Waals surface area contributed by atoms with E-state index < -0.39 is 0 Å². The van der Waals surface area contributed by atoms with Crippen LogP contribution in [0.2, 0.25) is 5.02 Å². The molecule has 1 aromatic heterocycles. The molecule has 2 heterocycles. The van der Waals surface area contributed by atoms with Crippen LogP contribution in [-0.4, -0.2) is 35.4 Å². The maximum Gasteiger partial charge on any atom is 0.222 e. The smallest absolute Gasteiger partial charge is 0.222 e. The fourth-order valence-electron chi connectivity index (χ4n) is 2.40. The van der Waals surface area contributed by atoms with Crippen molar-refractivity contribution in [3.05, 3.63) is 23.2 Å². The summed E-state index contributed by atoms with van der Waals surface area (Å²) in [6.45, 7) is 2.56. The highest BCUT2D eigenvalue weighted by molar-refractivity contribution is 7.22. The quantitative estimate of drug-likeness (QED) is 0.861. The van der Waals surface area contributed by atoms with Crippen LogP contribution in [0.4, 0.5) is 5.13 Å². The first-order valence-electron chi connectivity index (χ1n) is 6.81. The van der Waals surface area contributed by atoms with Gasteiger partial charge in [0.1, 0.15) is 5.52 Å². The normalized spacial score (nSPS) is 15.2. The summed E-state index contributed by atoms with van der Waals surface area (Å²) in [5.41, 5.74) is 0.858. The lowest BCUT2D eigenvalue weighted by Gasteiger charge is -2.14. The maximum atomic E-state index is 11.5. The van der Waals surface area contributed by atoms with Crippen molar-refractivity contribution in [2.24, 2.45) is 0 Å². The van der Waals surface area contributed by atoms with Crippen molar-refractivity contribution >= 4 is 44.2 Å². The molecule has 1 aliphatic rings. The molecule has 1 aromatic carbocycles. The minimum absolute atomic E-state index is 0.289. The predicted octanol–water partition coefficient (Wildman–Crippen LogP) is 3.37. The summed E-state index contributed by atoms with van der Waals surface area (Å²) in [7, 11) is 0.